The van der Waals surface area contributed by atoms with Crippen molar-refractivity contribution in [1.82, 2.24) is 0 Å². The highest BCUT2D eigenvalue weighted by atomic mass is 79.9. The van der Waals surface area contributed by atoms with Crippen molar-refractivity contribution in [3.63, 3.8) is 0 Å². The van der Waals surface area contributed by atoms with E-state index in [0.717, 1.165) is 18.0 Å². The Balaban J connectivity index is 1.92. The first kappa shape index (κ1) is 13.3. The molecule has 2 heterocycles. The lowest BCUT2D eigenvalue weighted by Gasteiger charge is -2.08. The zero-order valence-corrected chi connectivity index (χ0v) is 14.4. The van der Waals surface area contributed by atoms with Gasteiger partial charge in [0.15, 0.2) is 0 Å². The summed E-state index contributed by atoms with van der Waals surface area (Å²) in [5, 5.41) is 10.5. The molecule has 0 saturated heterocycles. The van der Waals surface area contributed by atoms with Gasteiger partial charge in [-0.05, 0) is 75.2 Å². The SMILES string of the molecule is OC(c1cc(Br)c(Br)s1)c1cc2c(s1)CCCC2. The van der Waals surface area contributed by atoms with Crippen LogP contribution in [0.2, 0.25) is 0 Å². The van der Waals surface area contributed by atoms with Gasteiger partial charge < -0.3 is 5.11 Å². The van der Waals surface area contributed by atoms with Gasteiger partial charge in [-0.2, -0.15) is 0 Å². The molecule has 1 unspecified atom stereocenters. The molecule has 0 bridgehead atoms. The van der Waals surface area contributed by atoms with Gasteiger partial charge in [0.1, 0.15) is 6.10 Å². The van der Waals surface area contributed by atoms with Crippen molar-refractivity contribution in [2.75, 3.05) is 0 Å². The summed E-state index contributed by atoms with van der Waals surface area (Å²) in [4.78, 5) is 3.56. The van der Waals surface area contributed by atoms with Crippen LogP contribution in [-0.4, -0.2) is 5.11 Å². The number of hydrogen-bond acceptors (Lipinski definition) is 3. The second kappa shape index (κ2) is 5.37. The molecular weight excluding hydrogens is 396 g/mol. The molecule has 0 aromatic carbocycles. The maximum atomic E-state index is 10.5. The molecule has 1 nitrogen and oxygen atoms in total. The van der Waals surface area contributed by atoms with Crippen LogP contribution in [0.1, 0.15) is 39.1 Å². The Bertz CT molecular complexity index is 531. The minimum Gasteiger partial charge on any atom is -0.382 e. The van der Waals surface area contributed by atoms with Gasteiger partial charge in [0.25, 0.3) is 0 Å². The highest BCUT2D eigenvalue weighted by Gasteiger charge is 2.20. The molecular formula is C13H12Br2OS2. The quantitative estimate of drug-likeness (QED) is 0.716. The Hall–Kier alpha value is 0.320. The fourth-order valence-electron chi connectivity index (χ4n) is 2.29. The monoisotopic (exact) mass is 406 g/mol. The topological polar surface area (TPSA) is 20.2 Å². The average molecular weight is 408 g/mol. The number of halogens is 2. The predicted octanol–water partition coefficient (Wildman–Crippen LogP) is 5.30. The van der Waals surface area contributed by atoms with Gasteiger partial charge in [-0.3, -0.25) is 0 Å². The molecule has 5 heteroatoms. The Morgan fingerprint density at radius 2 is 1.78 bits per heavy atom. The van der Waals surface area contributed by atoms with E-state index in [1.165, 1.54) is 36.1 Å². The van der Waals surface area contributed by atoms with Gasteiger partial charge in [-0.25, -0.2) is 0 Å². The summed E-state index contributed by atoms with van der Waals surface area (Å²) in [5.41, 5.74) is 1.45. The molecule has 0 radical (unpaired) electrons. The van der Waals surface area contributed by atoms with E-state index in [-0.39, 0.29) is 0 Å². The number of aryl methyl sites for hydroxylation is 2. The molecule has 96 valence electrons. The molecule has 0 saturated carbocycles. The maximum Gasteiger partial charge on any atom is 0.122 e. The average Bonchev–Trinajstić information content (AvgIpc) is 2.93. The van der Waals surface area contributed by atoms with Gasteiger partial charge in [0, 0.05) is 19.1 Å². The van der Waals surface area contributed by atoms with Crippen LogP contribution in [0.15, 0.2) is 20.4 Å². The molecule has 2 aromatic rings. The highest BCUT2D eigenvalue weighted by Crippen LogP contribution is 2.40. The third-order valence-electron chi connectivity index (χ3n) is 3.22. The molecule has 1 aliphatic rings. The summed E-state index contributed by atoms with van der Waals surface area (Å²) in [7, 11) is 0. The molecule has 1 N–H and O–H groups in total. The summed E-state index contributed by atoms with van der Waals surface area (Å²) in [6.45, 7) is 0. The Morgan fingerprint density at radius 3 is 2.44 bits per heavy atom. The minimum atomic E-state index is -0.479. The van der Waals surface area contributed by atoms with Crippen molar-refractivity contribution < 1.29 is 5.11 Å². The summed E-state index contributed by atoms with van der Waals surface area (Å²) in [6, 6.07) is 4.20. The molecule has 0 fully saturated rings. The summed E-state index contributed by atoms with van der Waals surface area (Å²) in [5.74, 6) is 0. The second-order valence-electron chi connectivity index (χ2n) is 4.48. The zero-order chi connectivity index (χ0) is 12.7. The fourth-order valence-corrected chi connectivity index (χ4v) is 5.72. The van der Waals surface area contributed by atoms with Gasteiger partial charge in [-0.15, -0.1) is 22.7 Å². The maximum absolute atomic E-state index is 10.5. The molecule has 3 rings (SSSR count). The number of hydrogen-bond donors (Lipinski definition) is 1. The van der Waals surface area contributed by atoms with Crippen LogP contribution in [0.25, 0.3) is 0 Å². The molecule has 1 atom stereocenters. The van der Waals surface area contributed by atoms with Crippen molar-refractivity contribution in [1.29, 1.82) is 0 Å². The normalized spacial score (nSPS) is 16.6. The molecule has 0 spiro atoms. The first-order chi connectivity index (χ1) is 8.65. The Morgan fingerprint density at radius 1 is 1.06 bits per heavy atom. The van der Waals surface area contributed by atoms with E-state index in [0.29, 0.717) is 0 Å². The molecule has 0 aliphatic heterocycles. The van der Waals surface area contributed by atoms with Crippen molar-refractivity contribution in [2.24, 2.45) is 0 Å². The lowest BCUT2D eigenvalue weighted by molar-refractivity contribution is 0.228. The first-order valence-corrected chi connectivity index (χ1v) is 9.11. The fraction of sp³-hybridized carbons (Fsp3) is 0.385. The third-order valence-corrected chi connectivity index (χ3v) is 7.82. The van der Waals surface area contributed by atoms with E-state index < -0.39 is 6.10 Å². The standard InChI is InChI=1S/C13H12Br2OS2/c14-8-6-11(18-13(8)15)12(16)10-5-7-3-1-2-4-9(7)17-10/h5-6,12,16H,1-4H2. The Labute approximate surface area is 131 Å². The van der Waals surface area contributed by atoms with Gasteiger partial charge in [0.2, 0.25) is 0 Å². The molecule has 18 heavy (non-hydrogen) atoms. The number of aliphatic hydroxyl groups excluding tert-OH is 1. The largest absolute Gasteiger partial charge is 0.382 e. The summed E-state index contributed by atoms with van der Waals surface area (Å²) >= 11 is 10.3. The van der Waals surface area contributed by atoms with E-state index in [9.17, 15) is 5.11 Å². The third kappa shape index (κ3) is 2.48. The van der Waals surface area contributed by atoms with Crippen LogP contribution in [0, 0.1) is 0 Å². The Kier molecular flexibility index (Phi) is 3.97. The van der Waals surface area contributed by atoms with E-state index in [4.69, 9.17) is 0 Å². The zero-order valence-electron chi connectivity index (χ0n) is 9.58. The van der Waals surface area contributed by atoms with E-state index >= 15 is 0 Å². The van der Waals surface area contributed by atoms with E-state index in [2.05, 4.69) is 37.9 Å². The number of aliphatic hydroxyl groups is 1. The van der Waals surface area contributed by atoms with E-state index in [1.807, 2.05) is 6.07 Å². The summed E-state index contributed by atoms with van der Waals surface area (Å²) < 4.78 is 2.06. The molecule has 0 amide bonds. The van der Waals surface area contributed by atoms with Crippen LogP contribution in [0.5, 0.6) is 0 Å². The van der Waals surface area contributed by atoms with Gasteiger partial charge in [-0.1, -0.05) is 0 Å². The number of rotatable bonds is 2. The van der Waals surface area contributed by atoms with Crippen molar-refractivity contribution in [3.8, 4) is 0 Å². The summed E-state index contributed by atoms with van der Waals surface area (Å²) in [6.07, 6.45) is 4.46. The number of fused-ring (bicyclic) bond motifs is 1. The van der Waals surface area contributed by atoms with Crippen LogP contribution < -0.4 is 0 Å². The van der Waals surface area contributed by atoms with Gasteiger partial charge in [0.05, 0.1) is 3.79 Å². The number of thiophene rings is 2. The minimum absolute atomic E-state index is 0.479. The van der Waals surface area contributed by atoms with Crippen LogP contribution in [0.3, 0.4) is 0 Å². The second-order valence-corrected chi connectivity index (χ2v) is 8.90. The molecule has 2 aromatic heterocycles. The highest BCUT2D eigenvalue weighted by molar-refractivity contribution is 9.13. The van der Waals surface area contributed by atoms with Crippen LogP contribution >= 0.6 is 54.5 Å². The lowest BCUT2D eigenvalue weighted by atomic mass is 9.99. The lowest BCUT2D eigenvalue weighted by Crippen LogP contribution is -1.96. The van der Waals surface area contributed by atoms with Crippen LogP contribution in [0.4, 0.5) is 0 Å². The molecule has 1 aliphatic carbocycles. The van der Waals surface area contributed by atoms with E-state index in [1.54, 1.807) is 22.7 Å². The van der Waals surface area contributed by atoms with Gasteiger partial charge >= 0.3 is 0 Å². The van der Waals surface area contributed by atoms with Crippen molar-refractivity contribution in [3.05, 3.63) is 40.6 Å². The van der Waals surface area contributed by atoms with Crippen molar-refractivity contribution in [2.45, 2.75) is 31.8 Å². The first-order valence-electron chi connectivity index (χ1n) is 5.89. The van der Waals surface area contributed by atoms with Crippen LogP contribution in [-0.2, 0) is 12.8 Å². The van der Waals surface area contributed by atoms with Crippen molar-refractivity contribution >= 4 is 54.5 Å². The smallest absolute Gasteiger partial charge is 0.122 e. The predicted molar refractivity (Wildman–Crippen MR) is 84.7 cm³/mol.